The summed E-state index contributed by atoms with van der Waals surface area (Å²) in [4.78, 5) is 27.8. The predicted octanol–water partition coefficient (Wildman–Crippen LogP) is 2.95. The summed E-state index contributed by atoms with van der Waals surface area (Å²) in [6.07, 6.45) is 1.34. The first-order valence-corrected chi connectivity index (χ1v) is 10.0. The van der Waals surface area contributed by atoms with E-state index >= 15 is 0 Å². The molecule has 0 spiro atoms. The topological polar surface area (TPSA) is 71.3 Å². The van der Waals surface area contributed by atoms with Gasteiger partial charge >= 0.3 is 0 Å². The van der Waals surface area contributed by atoms with Crippen molar-refractivity contribution in [2.24, 2.45) is 0 Å². The largest absolute Gasteiger partial charge is 0.329 e. The van der Waals surface area contributed by atoms with E-state index in [1.165, 1.54) is 23.1 Å². The van der Waals surface area contributed by atoms with E-state index in [9.17, 15) is 18.4 Å². The summed E-state index contributed by atoms with van der Waals surface area (Å²) in [6, 6.07) is 10.8. The fourth-order valence-corrected chi connectivity index (χ4v) is 3.65. The van der Waals surface area contributed by atoms with Gasteiger partial charge in [-0.2, -0.15) is 0 Å². The highest BCUT2D eigenvalue weighted by molar-refractivity contribution is 6.01. The number of halogens is 2. The maximum Gasteiger partial charge on any atom is 0.254 e. The molecule has 9 heteroatoms. The minimum atomic E-state index is -0.899. The lowest BCUT2D eigenvalue weighted by molar-refractivity contribution is -0.113. The first-order valence-electron chi connectivity index (χ1n) is 10.0. The number of hydrogen-bond donors (Lipinski definition) is 0. The van der Waals surface area contributed by atoms with E-state index in [2.05, 4.69) is 16.8 Å². The zero-order valence-electron chi connectivity index (χ0n) is 17.5. The van der Waals surface area contributed by atoms with Gasteiger partial charge in [-0.25, -0.2) is 8.78 Å². The molecule has 3 aromatic rings. The molecular weight excluding hydrogens is 416 g/mol. The minimum Gasteiger partial charge on any atom is -0.329 e. The Hall–Kier alpha value is -3.88. The maximum atomic E-state index is 14.0. The lowest BCUT2D eigenvalue weighted by Crippen LogP contribution is -2.38. The van der Waals surface area contributed by atoms with Gasteiger partial charge in [0.1, 0.15) is 5.82 Å². The molecule has 0 saturated heterocycles. The Bertz CT molecular complexity index is 1190. The van der Waals surface area contributed by atoms with Crippen LogP contribution in [0.1, 0.15) is 27.6 Å². The Morgan fingerprint density at radius 2 is 1.88 bits per heavy atom. The van der Waals surface area contributed by atoms with E-state index < -0.39 is 11.6 Å². The number of carbonyl (C=O) groups excluding carboxylic acids is 2. The smallest absolute Gasteiger partial charge is 0.254 e. The third-order valence-electron chi connectivity index (χ3n) is 5.50. The fourth-order valence-electron chi connectivity index (χ4n) is 3.65. The molecule has 0 fully saturated rings. The summed E-state index contributed by atoms with van der Waals surface area (Å²) in [6.45, 7) is 4.61. The van der Waals surface area contributed by atoms with Crippen molar-refractivity contribution >= 4 is 17.5 Å². The molecule has 0 saturated carbocycles. The summed E-state index contributed by atoms with van der Waals surface area (Å²) in [7, 11) is 1.63. The lowest BCUT2D eigenvalue weighted by atomic mass is 10.1. The van der Waals surface area contributed by atoms with Gasteiger partial charge in [-0.3, -0.25) is 9.59 Å². The van der Waals surface area contributed by atoms with Gasteiger partial charge in [0.2, 0.25) is 5.91 Å². The SMILES string of the molecule is C=CC(=O)N(C)c1ccc(C(=O)N2CCn3c(Cc4cccc(F)c4F)nnc3C2)cc1. The monoisotopic (exact) mass is 437 g/mol. The number of fused-ring (bicyclic) bond motifs is 1. The van der Waals surface area contributed by atoms with E-state index in [-0.39, 0.29) is 30.3 Å². The van der Waals surface area contributed by atoms with Crippen molar-refractivity contribution < 1.29 is 18.4 Å². The van der Waals surface area contributed by atoms with Crippen LogP contribution in [0.3, 0.4) is 0 Å². The highest BCUT2D eigenvalue weighted by atomic mass is 19.2. The predicted molar refractivity (Wildman–Crippen MR) is 114 cm³/mol. The summed E-state index contributed by atoms with van der Waals surface area (Å²) in [5.41, 5.74) is 1.35. The molecule has 2 heterocycles. The zero-order chi connectivity index (χ0) is 22.8. The van der Waals surface area contributed by atoms with Crippen LogP contribution < -0.4 is 4.90 Å². The van der Waals surface area contributed by atoms with E-state index in [0.717, 1.165) is 6.07 Å². The van der Waals surface area contributed by atoms with Crippen LogP contribution in [0.4, 0.5) is 14.5 Å². The van der Waals surface area contributed by atoms with Crippen LogP contribution in [0, 0.1) is 11.6 Å². The Labute approximate surface area is 183 Å². The Morgan fingerprint density at radius 3 is 2.59 bits per heavy atom. The highest BCUT2D eigenvalue weighted by Gasteiger charge is 2.26. The maximum absolute atomic E-state index is 14.0. The van der Waals surface area contributed by atoms with Gasteiger partial charge in [0, 0.05) is 37.8 Å². The van der Waals surface area contributed by atoms with Gasteiger partial charge in [0.05, 0.1) is 6.54 Å². The average Bonchev–Trinajstić information content (AvgIpc) is 3.22. The van der Waals surface area contributed by atoms with Crippen LogP contribution in [-0.2, 0) is 24.3 Å². The van der Waals surface area contributed by atoms with Gasteiger partial charge in [0.25, 0.3) is 5.91 Å². The summed E-state index contributed by atoms with van der Waals surface area (Å²) >= 11 is 0. The molecule has 2 aromatic carbocycles. The summed E-state index contributed by atoms with van der Waals surface area (Å²) in [5.74, 6) is -1.08. The number of aromatic nitrogens is 3. The molecule has 0 aliphatic carbocycles. The van der Waals surface area contributed by atoms with E-state index in [1.54, 1.807) is 36.2 Å². The standard InChI is InChI=1S/C23H21F2N5O2/c1-3-21(31)28(2)17-9-7-15(8-10-17)23(32)29-11-12-30-19(26-27-20(30)14-29)13-16-5-4-6-18(24)22(16)25/h3-10H,1,11-14H2,2H3. The normalized spacial score (nSPS) is 12.9. The quantitative estimate of drug-likeness (QED) is 0.576. The van der Waals surface area contributed by atoms with Gasteiger partial charge in [-0.05, 0) is 42.0 Å². The molecule has 164 valence electrons. The van der Waals surface area contributed by atoms with Gasteiger partial charge in [-0.15, -0.1) is 10.2 Å². The molecule has 0 atom stereocenters. The highest BCUT2D eigenvalue weighted by Crippen LogP contribution is 2.21. The molecule has 32 heavy (non-hydrogen) atoms. The average molecular weight is 437 g/mol. The number of likely N-dealkylation sites (N-methyl/N-ethyl adjacent to an activating group) is 1. The Balaban J connectivity index is 1.47. The van der Waals surface area contributed by atoms with Crippen LogP contribution >= 0.6 is 0 Å². The first-order chi connectivity index (χ1) is 15.4. The van der Waals surface area contributed by atoms with Crippen LogP contribution in [0.25, 0.3) is 0 Å². The van der Waals surface area contributed by atoms with Crippen molar-refractivity contribution in [1.82, 2.24) is 19.7 Å². The van der Waals surface area contributed by atoms with Gasteiger partial charge in [-0.1, -0.05) is 18.7 Å². The van der Waals surface area contributed by atoms with Gasteiger partial charge in [0.15, 0.2) is 17.5 Å². The van der Waals surface area contributed by atoms with Gasteiger partial charge < -0.3 is 14.4 Å². The molecule has 1 aliphatic heterocycles. The van der Waals surface area contributed by atoms with E-state index in [1.807, 2.05) is 4.57 Å². The molecule has 4 rings (SSSR count). The molecule has 0 unspecified atom stereocenters. The van der Waals surface area contributed by atoms with Crippen LogP contribution in [0.5, 0.6) is 0 Å². The second-order valence-corrected chi connectivity index (χ2v) is 7.45. The fraction of sp³-hybridized carbons (Fsp3) is 0.217. The van der Waals surface area contributed by atoms with Crippen molar-refractivity contribution in [3.05, 3.63) is 89.5 Å². The molecule has 0 N–H and O–H groups in total. The number of hydrogen-bond acceptors (Lipinski definition) is 4. The molecule has 0 radical (unpaired) electrons. The second-order valence-electron chi connectivity index (χ2n) is 7.45. The number of benzene rings is 2. The number of nitrogens with zero attached hydrogens (tertiary/aromatic N) is 5. The number of carbonyl (C=O) groups is 2. The third kappa shape index (κ3) is 4.01. The zero-order valence-corrected chi connectivity index (χ0v) is 17.5. The third-order valence-corrected chi connectivity index (χ3v) is 5.50. The van der Waals surface area contributed by atoms with Crippen molar-refractivity contribution in [3.8, 4) is 0 Å². The van der Waals surface area contributed by atoms with Crippen LogP contribution in [-0.4, -0.2) is 45.1 Å². The van der Waals surface area contributed by atoms with Crippen molar-refractivity contribution in [2.45, 2.75) is 19.5 Å². The Kier molecular flexibility index (Phi) is 5.81. The molecule has 1 aromatic heterocycles. The minimum absolute atomic E-state index is 0.114. The number of rotatable bonds is 5. The van der Waals surface area contributed by atoms with Crippen LogP contribution in [0.2, 0.25) is 0 Å². The molecule has 0 bridgehead atoms. The van der Waals surface area contributed by atoms with Crippen molar-refractivity contribution in [3.63, 3.8) is 0 Å². The molecule has 2 amide bonds. The number of amides is 2. The molecular formula is C23H21F2N5O2. The van der Waals surface area contributed by atoms with Crippen molar-refractivity contribution in [2.75, 3.05) is 18.5 Å². The van der Waals surface area contributed by atoms with E-state index in [4.69, 9.17) is 0 Å². The Morgan fingerprint density at radius 1 is 1.12 bits per heavy atom. The lowest BCUT2D eigenvalue weighted by Gasteiger charge is -2.28. The van der Waals surface area contributed by atoms with Crippen molar-refractivity contribution in [1.29, 1.82) is 0 Å². The second kappa shape index (κ2) is 8.70. The first kappa shape index (κ1) is 21.4. The van der Waals surface area contributed by atoms with Crippen LogP contribution in [0.15, 0.2) is 55.1 Å². The summed E-state index contributed by atoms with van der Waals surface area (Å²) < 4.78 is 29.3. The van der Waals surface area contributed by atoms with E-state index in [0.29, 0.717) is 36.0 Å². The summed E-state index contributed by atoms with van der Waals surface area (Å²) in [5, 5.41) is 8.27. The molecule has 7 nitrogen and oxygen atoms in total. The molecule has 1 aliphatic rings. The number of anilines is 1.